The molecule has 0 aliphatic carbocycles. The zero-order valence-corrected chi connectivity index (χ0v) is 13.3. The van der Waals surface area contributed by atoms with E-state index in [1.165, 1.54) is 4.31 Å². The van der Waals surface area contributed by atoms with Crippen LogP contribution in [0.1, 0.15) is 24.8 Å². The molecule has 1 aromatic rings. The zero-order valence-electron chi connectivity index (χ0n) is 11.7. The molecule has 1 aromatic carbocycles. The van der Waals surface area contributed by atoms with Crippen molar-refractivity contribution in [2.45, 2.75) is 36.4 Å². The van der Waals surface area contributed by atoms with Gasteiger partial charge < -0.3 is 5.73 Å². The van der Waals surface area contributed by atoms with Crippen molar-refractivity contribution in [1.82, 2.24) is 4.31 Å². The number of benzene rings is 1. The molecule has 22 heavy (non-hydrogen) atoms. The third kappa shape index (κ3) is 3.92. The lowest BCUT2D eigenvalue weighted by molar-refractivity contribution is -0.137. The van der Waals surface area contributed by atoms with Gasteiger partial charge in [0.1, 0.15) is 0 Å². The first kappa shape index (κ1) is 19.2. The van der Waals surface area contributed by atoms with Crippen LogP contribution in [0.5, 0.6) is 0 Å². The van der Waals surface area contributed by atoms with Gasteiger partial charge in [-0.1, -0.05) is 6.42 Å². The largest absolute Gasteiger partial charge is 0.416 e. The zero-order chi connectivity index (χ0) is 15.7. The lowest BCUT2D eigenvalue weighted by atomic mass is 10.1. The van der Waals surface area contributed by atoms with E-state index in [1.54, 1.807) is 0 Å². The first-order valence-corrected chi connectivity index (χ1v) is 8.10. The Morgan fingerprint density at radius 2 is 1.77 bits per heavy atom. The molecule has 1 aliphatic heterocycles. The number of piperidine rings is 1. The average Bonchev–Trinajstić information content (AvgIpc) is 2.46. The third-order valence-corrected chi connectivity index (χ3v) is 5.60. The third-order valence-electron chi connectivity index (χ3n) is 3.63. The van der Waals surface area contributed by atoms with Crippen LogP contribution in [-0.4, -0.2) is 31.9 Å². The fourth-order valence-corrected chi connectivity index (χ4v) is 4.18. The van der Waals surface area contributed by atoms with E-state index in [2.05, 4.69) is 0 Å². The summed E-state index contributed by atoms with van der Waals surface area (Å²) in [7, 11) is -3.80. The summed E-state index contributed by atoms with van der Waals surface area (Å²) in [6.07, 6.45) is -2.17. The molecule has 0 bridgehead atoms. The predicted molar refractivity (Wildman–Crippen MR) is 79.3 cm³/mol. The van der Waals surface area contributed by atoms with Gasteiger partial charge in [-0.15, -0.1) is 12.4 Å². The topological polar surface area (TPSA) is 63.4 Å². The van der Waals surface area contributed by atoms with E-state index in [9.17, 15) is 21.6 Å². The van der Waals surface area contributed by atoms with Crippen LogP contribution in [0, 0.1) is 0 Å². The molecule has 1 aliphatic rings. The number of rotatable bonds is 3. The summed E-state index contributed by atoms with van der Waals surface area (Å²) in [6.45, 7) is 0.561. The molecule has 2 N–H and O–H groups in total. The monoisotopic (exact) mass is 358 g/mol. The Kier molecular flexibility index (Phi) is 6.26. The number of hydrogen-bond acceptors (Lipinski definition) is 3. The minimum atomic E-state index is -4.48. The second-order valence-electron chi connectivity index (χ2n) is 5.02. The van der Waals surface area contributed by atoms with Crippen LogP contribution in [0.15, 0.2) is 29.2 Å². The van der Waals surface area contributed by atoms with Crippen molar-refractivity contribution in [3.8, 4) is 0 Å². The standard InChI is InChI=1S/C13H17F3N2O2S.ClH/c14-13(15,16)10-4-6-12(7-5-10)21(19,20)18-8-2-1-3-11(18)9-17;/h4-7,11H,1-3,8-9,17H2;1H. The highest BCUT2D eigenvalue weighted by atomic mass is 35.5. The molecule has 1 saturated heterocycles. The minimum absolute atomic E-state index is 0. The molecular weight excluding hydrogens is 341 g/mol. The lowest BCUT2D eigenvalue weighted by Crippen LogP contribution is -2.47. The maximum Gasteiger partial charge on any atom is 0.416 e. The summed E-state index contributed by atoms with van der Waals surface area (Å²) in [5, 5.41) is 0. The molecule has 2 rings (SSSR count). The Morgan fingerprint density at radius 1 is 1.18 bits per heavy atom. The van der Waals surface area contributed by atoms with Crippen molar-refractivity contribution >= 4 is 22.4 Å². The summed E-state index contributed by atoms with van der Waals surface area (Å²) in [6, 6.07) is 3.29. The molecule has 1 unspecified atom stereocenters. The Morgan fingerprint density at radius 3 is 2.27 bits per heavy atom. The Labute approximate surface area is 133 Å². The minimum Gasteiger partial charge on any atom is -0.329 e. The summed E-state index contributed by atoms with van der Waals surface area (Å²) in [5.41, 5.74) is 4.73. The molecule has 0 aromatic heterocycles. The Balaban J connectivity index is 0.00000242. The van der Waals surface area contributed by atoms with E-state index in [0.29, 0.717) is 13.0 Å². The Bertz CT molecular complexity index is 590. The fourth-order valence-electron chi connectivity index (χ4n) is 2.48. The second kappa shape index (κ2) is 7.16. The molecule has 1 atom stereocenters. The molecule has 126 valence electrons. The van der Waals surface area contributed by atoms with Gasteiger partial charge in [0.2, 0.25) is 10.0 Å². The molecule has 0 radical (unpaired) electrons. The quantitative estimate of drug-likeness (QED) is 0.903. The number of alkyl halides is 3. The van der Waals surface area contributed by atoms with Gasteiger partial charge in [0, 0.05) is 19.1 Å². The van der Waals surface area contributed by atoms with Crippen LogP contribution in [0.2, 0.25) is 0 Å². The first-order chi connectivity index (χ1) is 9.76. The number of halogens is 4. The van der Waals surface area contributed by atoms with Crippen LogP contribution in [0.4, 0.5) is 13.2 Å². The van der Waals surface area contributed by atoms with Crippen molar-refractivity contribution in [3.05, 3.63) is 29.8 Å². The van der Waals surface area contributed by atoms with Gasteiger partial charge in [0.05, 0.1) is 10.5 Å². The normalized spacial score (nSPS) is 20.5. The number of sulfonamides is 1. The molecule has 0 saturated carbocycles. The summed E-state index contributed by atoms with van der Waals surface area (Å²) in [5.74, 6) is 0. The second-order valence-corrected chi connectivity index (χ2v) is 6.91. The lowest BCUT2D eigenvalue weighted by Gasteiger charge is -2.33. The number of hydrogen-bond donors (Lipinski definition) is 1. The number of nitrogens with zero attached hydrogens (tertiary/aromatic N) is 1. The first-order valence-electron chi connectivity index (χ1n) is 6.66. The smallest absolute Gasteiger partial charge is 0.329 e. The van der Waals surface area contributed by atoms with Crippen LogP contribution in [0.25, 0.3) is 0 Å². The van der Waals surface area contributed by atoms with Gasteiger partial charge in [-0.25, -0.2) is 8.42 Å². The van der Waals surface area contributed by atoms with Crippen LogP contribution in [-0.2, 0) is 16.2 Å². The van der Waals surface area contributed by atoms with Crippen molar-refractivity contribution < 1.29 is 21.6 Å². The maximum absolute atomic E-state index is 12.5. The Hall–Kier alpha value is -0.830. The maximum atomic E-state index is 12.5. The van der Waals surface area contributed by atoms with Crippen LogP contribution in [0.3, 0.4) is 0 Å². The van der Waals surface area contributed by atoms with E-state index < -0.39 is 21.8 Å². The molecule has 4 nitrogen and oxygen atoms in total. The number of nitrogens with two attached hydrogens (primary N) is 1. The van der Waals surface area contributed by atoms with Crippen molar-refractivity contribution in [2.75, 3.05) is 13.1 Å². The van der Waals surface area contributed by atoms with E-state index in [1.807, 2.05) is 0 Å². The van der Waals surface area contributed by atoms with Gasteiger partial charge in [-0.2, -0.15) is 17.5 Å². The summed E-state index contributed by atoms with van der Waals surface area (Å²) < 4.78 is 63.9. The molecule has 9 heteroatoms. The predicted octanol–water partition coefficient (Wildman–Crippen LogP) is 2.63. The summed E-state index contributed by atoms with van der Waals surface area (Å²) >= 11 is 0. The van der Waals surface area contributed by atoms with Gasteiger partial charge >= 0.3 is 6.18 Å². The van der Waals surface area contributed by atoms with Crippen LogP contribution < -0.4 is 5.73 Å². The highest BCUT2D eigenvalue weighted by molar-refractivity contribution is 7.89. The molecule has 1 fully saturated rings. The molecular formula is C13H18ClF3N2O2S. The molecule has 0 amide bonds. The summed E-state index contributed by atoms with van der Waals surface area (Å²) in [4.78, 5) is -0.129. The van der Waals surface area contributed by atoms with Gasteiger partial charge in [-0.3, -0.25) is 0 Å². The molecule has 0 spiro atoms. The van der Waals surface area contributed by atoms with Crippen molar-refractivity contribution in [3.63, 3.8) is 0 Å². The van der Waals surface area contributed by atoms with Gasteiger partial charge in [0.25, 0.3) is 0 Å². The SMILES string of the molecule is Cl.NCC1CCCCN1S(=O)(=O)c1ccc(C(F)(F)F)cc1. The average molecular weight is 359 g/mol. The van der Waals surface area contributed by atoms with Gasteiger partial charge in [0.15, 0.2) is 0 Å². The highest BCUT2D eigenvalue weighted by Crippen LogP contribution is 2.31. The van der Waals surface area contributed by atoms with E-state index in [-0.39, 0.29) is 29.9 Å². The highest BCUT2D eigenvalue weighted by Gasteiger charge is 2.34. The van der Waals surface area contributed by atoms with E-state index in [4.69, 9.17) is 5.73 Å². The van der Waals surface area contributed by atoms with Gasteiger partial charge in [-0.05, 0) is 37.1 Å². The van der Waals surface area contributed by atoms with E-state index in [0.717, 1.165) is 37.1 Å². The van der Waals surface area contributed by atoms with Crippen molar-refractivity contribution in [1.29, 1.82) is 0 Å². The molecule has 1 heterocycles. The van der Waals surface area contributed by atoms with Crippen LogP contribution >= 0.6 is 12.4 Å². The fraction of sp³-hybridized carbons (Fsp3) is 0.538. The van der Waals surface area contributed by atoms with Crippen molar-refractivity contribution in [2.24, 2.45) is 5.73 Å². The van der Waals surface area contributed by atoms with E-state index >= 15 is 0 Å².